The van der Waals surface area contributed by atoms with Gasteiger partial charge in [-0.25, -0.2) is 4.39 Å². The molecule has 0 saturated carbocycles. The summed E-state index contributed by atoms with van der Waals surface area (Å²) in [5.41, 5.74) is 0.649. The number of rotatable bonds is 4. The number of aromatic nitrogens is 1. The van der Waals surface area contributed by atoms with Crippen LogP contribution in [0.5, 0.6) is 0 Å². The van der Waals surface area contributed by atoms with Crippen LogP contribution in [0.25, 0.3) is 0 Å². The van der Waals surface area contributed by atoms with Crippen LogP contribution in [0.4, 0.5) is 8.78 Å². The summed E-state index contributed by atoms with van der Waals surface area (Å²) in [7, 11) is 0. The van der Waals surface area contributed by atoms with E-state index in [0.29, 0.717) is 5.56 Å². The molecule has 0 amide bonds. The zero-order chi connectivity index (χ0) is 10.4. The number of alkyl halides is 2. The van der Waals surface area contributed by atoms with E-state index < -0.39 is 19.0 Å². The first-order valence-corrected chi connectivity index (χ1v) is 4.01. The Hall–Kier alpha value is -1.52. The predicted octanol–water partition coefficient (Wildman–Crippen LogP) is 1.43. The zero-order valence-electron chi connectivity index (χ0n) is 7.32. The van der Waals surface area contributed by atoms with Crippen molar-refractivity contribution in [2.24, 2.45) is 0 Å². The van der Waals surface area contributed by atoms with Crippen LogP contribution in [-0.4, -0.2) is 24.0 Å². The fourth-order valence-electron chi connectivity index (χ4n) is 0.883. The first kappa shape index (κ1) is 10.6. The molecule has 0 aliphatic rings. The van der Waals surface area contributed by atoms with Crippen LogP contribution in [0.1, 0.15) is 5.56 Å². The van der Waals surface area contributed by atoms with Crippen molar-refractivity contribution in [1.82, 2.24) is 4.98 Å². The van der Waals surface area contributed by atoms with E-state index in [9.17, 15) is 13.6 Å². The van der Waals surface area contributed by atoms with Gasteiger partial charge in [0, 0.05) is 12.4 Å². The summed E-state index contributed by atoms with van der Waals surface area (Å²) in [6, 6.07) is 3.20. The number of halogens is 2. The van der Waals surface area contributed by atoms with Crippen molar-refractivity contribution in [2.75, 3.05) is 6.67 Å². The van der Waals surface area contributed by atoms with Gasteiger partial charge in [0.2, 0.25) is 0 Å². The highest BCUT2D eigenvalue weighted by Gasteiger charge is 2.12. The van der Waals surface area contributed by atoms with Crippen LogP contribution in [0.3, 0.4) is 0 Å². The number of hydrogen-bond acceptors (Lipinski definition) is 3. The van der Waals surface area contributed by atoms with Crippen molar-refractivity contribution in [1.29, 1.82) is 0 Å². The van der Waals surface area contributed by atoms with Crippen LogP contribution >= 0.6 is 0 Å². The third-order valence-corrected chi connectivity index (χ3v) is 1.48. The van der Waals surface area contributed by atoms with Crippen molar-refractivity contribution in [2.45, 2.75) is 12.8 Å². The van der Waals surface area contributed by atoms with Crippen LogP contribution in [-0.2, 0) is 16.0 Å². The molecule has 0 bridgehead atoms. The summed E-state index contributed by atoms with van der Waals surface area (Å²) in [5, 5.41) is 0. The third-order valence-electron chi connectivity index (χ3n) is 1.48. The van der Waals surface area contributed by atoms with Gasteiger partial charge >= 0.3 is 5.97 Å². The molecule has 0 aliphatic heterocycles. The van der Waals surface area contributed by atoms with E-state index in [4.69, 9.17) is 0 Å². The van der Waals surface area contributed by atoms with Gasteiger partial charge in [-0.1, -0.05) is 0 Å². The number of nitrogens with zero attached hydrogens (tertiary/aromatic N) is 1. The molecule has 1 aromatic heterocycles. The lowest BCUT2D eigenvalue weighted by molar-refractivity contribution is -0.158. The normalized spacial score (nSPS) is 12.1. The molecule has 0 aliphatic carbocycles. The van der Waals surface area contributed by atoms with Gasteiger partial charge in [-0.2, -0.15) is 4.39 Å². The summed E-state index contributed by atoms with van der Waals surface area (Å²) in [5.74, 6) is -0.790. The van der Waals surface area contributed by atoms with Crippen LogP contribution in [0, 0.1) is 0 Å². The van der Waals surface area contributed by atoms with Crippen LogP contribution < -0.4 is 0 Å². The summed E-state index contributed by atoms with van der Waals surface area (Å²) >= 11 is 0. The molecule has 1 unspecified atom stereocenters. The predicted molar refractivity (Wildman–Crippen MR) is 44.9 cm³/mol. The van der Waals surface area contributed by atoms with E-state index >= 15 is 0 Å². The molecular weight excluding hydrogens is 192 g/mol. The lowest BCUT2D eigenvalue weighted by Crippen LogP contribution is -2.16. The van der Waals surface area contributed by atoms with Gasteiger partial charge < -0.3 is 4.74 Å². The molecule has 0 radical (unpaired) electrons. The summed E-state index contributed by atoms with van der Waals surface area (Å²) in [6.45, 7) is -1.32. The highest BCUT2D eigenvalue weighted by atomic mass is 19.2. The largest absolute Gasteiger partial charge is 0.428 e. The summed E-state index contributed by atoms with van der Waals surface area (Å²) < 4.78 is 28.0. The Kier molecular flexibility index (Phi) is 3.97. The maximum Gasteiger partial charge on any atom is 0.312 e. The number of ether oxygens (including phenoxy) is 1. The molecule has 1 atom stereocenters. The van der Waals surface area contributed by atoms with Crippen molar-refractivity contribution < 1.29 is 18.3 Å². The van der Waals surface area contributed by atoms with Gasteiger partial charge in [-0.05, 0) is 17.7 Å². The van der Waals surface area contributed by atoms with Crippen LogP contribution in [0.2, 0.25) is 0 Å². The Bertz CT molecular complexity index is 292. The third kappa shape index (κ3) is 3.47. The Morgan fingerprint density at radius 2 is 2.14 bits per heavy atom. The minimum absolute atomic E-state index is 0.0804. The molecule has 0 N–H and O–H groups in total. The summed E-state index contributed by atoms with van der Waals surface area (Å²) in [6.07, 6.45) is 0.766. The number of pyridine rings is 1. The Balaban J connectivity index is 2.42. The minimum Gasteiger partial charge on any atom is -0.428 e. The second kappa shape index (κ2) is 5.26. The maximum atomic E-state index is 12.3. The molecule has 14 heavy (non-hydrogen) atoms. The standard InChI is InChI=1S/C9H9F2NO2/c10-6-8(11)14-9(13)5-7-1-3-12-4-2-7/h1-4,8H,5-6H2. The average Bonchev–Trinajstić information content (AvgIpc) is 2.19. The number of carbonyl (C=O) groups excluding carboxylic acids is 1. The Morgan fingerprint density at radius 1 is 1.50 bits per heavy atom. The second-order valence-electron chi connectivity index (χ2n) is 2.59. The fourth-order valence-corrected chi connectivity index (χ4v) is 0.883. The molecule has 76 valence electrons. The monoisotopic (exact) mass is 201 g/mol. The molecule has 0 fully saturated rings. The van der Waals surface area contributed by atoms with Crippen molar-refractivity contribution in [3.8, 4) is 0 Å². The minimum atomic E-state index is -2.16. The van der Waals surface area contributed by atoms with Gasteiger partial charge in [-0.15, -0.1) is 0 Å². The van der Waals surface area contributed by atoms with E-state index in [1.54, 1.807) is 12.1 Å². The van der Waals surface area contributed by atoms with Crippen LogP contribution in [0.15, 0.2) is 24.5 Å². The second-order valence-corrected chi connectivity index (χ2v) is 2.59. The SMILES string of the molecule is O=C(Cc1ccncc1)OC(F)CF. The van der Waals surface area contributed by atoms with E-state index in [-0.39, 0.29) is 6.42 Å². The van der Waals surface area contributed by atoms with E-state index in [0.717, 1.165) is 0 Å². The van der Waals surface area contributed by atoms with Crippen molar-refractivity contribution in [3.63, 3.8) is 0 Å². The highest BCUT2D eigenvalue weighted by molar-refractivity contribution is 5.72. The Labute approximate surface area is 79.7 Å². The van der Waals surface area contributed by atoms with Gasteiger partial charge in [0.15, 0.2) is 6.67 Å². The maximum absolute atomic E-state index is 12.3. The Morgan fingerprint density at radius 3 is 2.71 bits per heavy atom. The fraction of sp³-hybridized carbons (Fsp3) is 0.333. The first-order valence-electron chi connectivity index (χ1n) is 4.01. The average molecular weight is 201 g/mol. The van der Waals surface area contributed by atoms with Gasteiger partial charge in [0.1, 0.15) is 0 Å². The number of carbonyl (C=O) groups is 1. The molecular formula is C9H9F2NO2. The van der Waals surface area contributed by atoms with Crippen molar-refractivity contribution in [3.05, 3.63) is 30.1 Å². The van der Waals surface area contributed by atoms with E-state index in [2.05, 4.69) is 9.72 Å². The van der Waals surface area contributed by atoms with Gasteiger partial charge in [0.25, 0.3) is 6.36 Å². The molecule has 1 heterocycles. The van der Waals surface area contributed by atoms with Gasteiger partial charge in [-0.3, -0.25) is 9.78 Å². The lowest BCUT2D eigenvalue weighted by Gasteiger charge is -2.05. The lowest BCUT2D eigenvalue weighted by atomic mass is 10.2. The van der Waals surface area contributed by atoms with Gasteiger partial charge in [0.05, 0.1) is 6.42 Å². The van der Waals surface area contributed by atoms with E-state index in [1.807, 2.05) is 0 Å². The van der Waals surface area contributed by atoms with Crippen molar-refractivity contribution >= 4 is 5.97 Å². The molecule has 3 nitrogen and oxygen atoms in total. The molecule has 0 saturated heterocycles. The highest BCUT2D eigenvalue weighted by Crippen LogP contribution is 2.02. The smallest absolute Gasteiger partial charge is 0.312 e. The topological polar surface area (TPSA) is 39.2 Å². The molecule has 5 heteroatoms. The molecule has 0 aromatic carbocycles. The number of hydrogen-bond donors (Lipinski definition) is 0. The number of esters is 1. The van der Waals surface area contributed by atoms with E-state index in [1.165, 1.54) is 12.4 Å². The first-order chi connectivity index (χ1) is 6.72. The zero-order valence-corrected chi connectivity index (χ0v) is 7.32. The summed E-state index contributed by atoms with van der Waals surface area (Å²) in [4.78, 5) is 14.7. The molecule has 0 spiro atoms. The molecule has 1 aromatic rings. The molecule has 1 rings (SSSR count). The quantitative estimate of drug-likeness (QED) is 0.692.